The van der Waals surface area contributed by atoms with Crippen LogP contribution in [0, 0.1) is 17.7 Å². The minimum atomic E-state index is -0.781. The maximum atomic E-state index is 15.1. The highest BCUT2D eigenvalue weighted by atomic mass is 35.5. The molecular formula is C40H42Cl2FN3O7. The van der Waals surface area contributed by atoms with Gasteiger partial charge in [-0.1, -0.05) is 53.5 Å². The zero-order valence-corrected chi connectivity index (χ0v) is 30.8. The van der Waals surface area contributed by atoms with Gasteiger partial charge >= 0.3 is 12.1 Å². The largest absolute Gasteiger partial charge is 0.870 e. The van der Waals surface area contributed by atoms with Gasteiger partial charge < -0.3 is 24.4 Å². The predicted octanol–water partition coefficient (Wildman–Crippen LogP) is 7.95. The van der Waals surface area contributed by atoms with E-state index in [1.807, 2.05) is 12.1 Å². The van der Waals surface area contributed by atoms with Crippen LogP contribution < -0.4 is 19.4 Å². The maximum absolute atomic E-state index is 15.1. The van der Waals surface area contributed by atoms with Crippen molar-refractivity contribution in [3.8, 4) is 11.5 Å². The summed E-state index contributed by atoms with van der Waals surface area (Å²) >= 11 is 13.1. The highest BCUT2D eigenvalue weighted by Gasteiger charge is 2.38. The minimum Gasteiger partial charge on any atom is -0.870 e. The van der Waals surface area contributed by atoms with Crippen molar-refractivity contribution in [3.05, 3.63) is 117 Å². The van der Waals surface area contributed by atoms with Crippen molar-refractivity contribution in [2.24, 2.45) is 11.8 Å². The minimum absolute atomic E-state index is 0. The average Bonchev–Trinajstić information content (AvgIpc) is 4.00. The molecule has 0 spiro atoms. The SMILES string of the molecule is COc1ccc([C@H](Cc2c(Cl)c[nH+]cc2Cl)OC(=O)c2ccc(CN(C(=O)O[C@H]3CN4CCC3CC4)c3ccccc3F)cc2)cc1OCC1CC1.[OH-]. The topological polar surface area (TPSA) is 122 Å². The van der Waals surface area contributed by atoms with Crippen LogP contribution in [-0.2, 0) is 22.4 Å². The van der Waals surface area contributed by atoms with Gasteiger partial charge in [0.25, 0.3) is 0 Å². The van der Waals surface area contributed by atoms with E-state index >= 15 is 4.39 Å². The highest BCUT2D eigenvalue weighted by Crippen LogP contribution is 2.38. The van der Waals surface area contributed by atoms with E-state index in [2.05, 4.69) is 9.88 Å². The standard InChI is InChI=1S/C40H40Cl2FN3O6.H2O/c1-49-35-13-12-29(18-37(35)50-24-26-6-7-26)36(19-30-31(41)20-44-21-32(30)42)51-39(47)28-10-8-25(9-11-28)22-46(34-5-3-2-4-33(34)43)40(48)52-38-23-45-16-14-27(38)15-17-45;/h2-5,8-13,18,20-21,26-27,36,38H,6-7,14-17,19,22-24H2,1H3;1H2/t36-,38-;/m0./s1. The number of amides is 1. The molecule has 4 heterocycles. The number of halogens is 3. The summed E-state index contributed by atoms with van der Waals surface area (Å²) in [5.74, 6) is 0.858. The maximum Gasteiger partial charge on any atom is 0.415 e. The zero-order valence-electron chi connectivity index (χ0n) is 29.3. The lowest BCUT2D eigenvalue weighted by Gasteiger charge is -2.44. The number of pyridine rings is 1. The summed E-state index contributed by atoms with van der Waals surface area (Å²) in [4.78, 5) is 33.9. The third-order valence-electron chi connectivity index (χ3n) is 10.1. The molecule has 3 aromatic carbocycles. The van der Waals surface area contributed by atoms with Crippen LogP contribution in [0.25, 0.3) is 0 Å². The number of piperidine rings is 3. The average molecular weight is 767 g/mol. The predicted molar refractivity (Wildman–Crippen MR) is 196 cm³/mol. The number of rotatable bonds is 13. The van der Waals surface area contributed by atoms with Gasteiger partial charge in [0, 0.05) is 18.5 Å². The summed E-state index contributed by atoms with van der Waals surface area (Å²) in [5, 5.41) is 0.811. The third-order valence-corrected chi connectivity index (χ3v) is 10.8. The van der Waals surface area contributed by atoms with E-state index in [-0.39, 0.29) is 30.2 Å². The lowest BCUT2D eigenvalue weighted by molar-refractivity contribution is -0.377. The number of H-pyrrole nitrogens is 1. The molecule has 1 saturated carbocycles. The second kappa shape index (κ2) is 17.2. The number of nitrogens with one attached hydrogen (secondary N) is 1. The first-order valence-corrected chi connectivity index (χ1v) is 18.4. The summed E-state index contributed by atoms with van der Waals surface area (Å²) in [5.41, 5.74) is 2.38. The molecule has 280 valence electrons. The number of anilines is 1. The Labute approximate surface area is 318 Å². The van der Waals surface area contributed by atoms with Gasteiger partial charge in [0.2, 0.25) is 0 Å². The molecule has 2 bridgehead atoms. The van der Waals surface area contributed by atoms with E-state index in [0.29, 0.717) is 68.8 Å². The molecule has 8 rings (SSSR count). The van der Waals surface area contributed by atoms with Crippen LogP contribution in [0.15, 0.2) is 79.1 Å². The van der Waals surface area contributed by atoms with E-state index in [1.165, 1.54) is 11.0 Å². The molecule has 4 aliphatic rings. The number of benzene rings is 3. The Bertz CT molecular complexity index is 1880. The molecule has 53 heavy (non-hydrogen) atoms. The fraction of sp³-hybridized carbons (Fsp3) is 0.375. The quantitative estimate of drug-likeness (QED) is 0.126. The van der Waals surface area contributed by atoms with Gasteiger partial charge in [-0.05, 0) is 98.1 Å². The van der Waals surface area contributed by atoms with Gasteiger partial charge in [-0.25, -0.2) is 19.0 Å². The van der Waals surface area contributed by atoms with Crippen molar-refractivity contribution in [3.63, 3.8) is 0 Å². The van der Waals surface area contributed by atoms with Gasteiger partial charge in [0.15, 0.2) is 23.9 Å². The number of aromatic amines is 1. The van der Waals surface area contributed by atoms with Crippen molar-refractivity contribution >= 4 is 41.0 Å². The number of aromatic nitrogens is 1. The van der Waals surface area contributed by atoms with Crippen LogP contribution in [0.1, 0.15) is 58.8 Å². The van der Waals surface area contributed by atoms with Crippen LogP contribution in [0.4, 0.5) is 14.9 Å². The zero-order chi connectivity index (χ0) is 36.2. The second-order valence-corrected chi connectivity index (χ2v) is 14.5. The van der Waals surface area contributed by atoms with Gasteiger partial charge in [0.1, 0.15) is 28.1 Å². The van der Waals surface area contributed by atoms with Crippen LogP contribution in [0.5, 0.6) is 11.5 Å². The first-order valence-electron chi connectivity index (χ1n) is 17.7. The third kappa shape index (κ3) is 9.21. The lowest BCUT2D eigenvalue weighted by atomic mass is 9.86. The second-order valence-electron chi connectivity index (χ2n) is 13.7. The Morgan fingerprint density at radius 2 is 1.68 bits per heavy atom. The molecule has 4 aromatic rings. The fourth-order valence-electron chi connectivity index (χ4n) is 6.86. The summed E-state index contributed by atoms with van der Waals surface area (Å²) in [6.45, 7) is 3.32. The number of methoxy groups -OCH3 is 1. The summed E-state index contributed by atoms with van der Waals surface area (Å²) in [7, 11) is 1.58. The van der Waals surface area contributed by atoms with Crippen LogP contribution in [0.3, 0.4) is 0 Å². The molecule has 3 saturated heterocycles. The Morgan fingerprint density at radius 3 is 2.32 bits per heavy atom. The number of para-hydroxylation sites is 1. The monoisotopic (exact) mass is 765 g/mol. The van der Waals surface area contributed by atoms with E-state index in [1.54, 1.807) is 68.0 Å². The van der Waals surface area contributed by atoms with Crippen molar-refractivity contribution < 1.29 is 43.4 Å². The molecule has 1 aliphatic carbocycles. The van der Waals surface area contributed by atoms with Crippen LogP contribution >= 0.6 is 23.2 Å². The molecule has 4 fully saturated rings. The van der Waals surface area contributed by atoms with E-state index < -0.39 is 24.0 Å². The van der Waals surface area contributed by atoms with Gasteiger partial charge in [-0.15, -0.1) is 0 Å². The molecule has 0 unspecified atom stereocenters. The number of nitrogens with zero attached hydrogens (tertiary/aromatic N) is 2. The first kappa shape index (κ1) is 38.3. The molecule has 0 radical (unpaired) electrons. The fourth-order valence-corrected chi connectivity index (χ4v) is 7.40. The molecule has 1 amide bonds. The normalized spacial score (nSPS) is 19.4. The number of carbonyl (C=O) groups is 2. The highest BCUT2D eigenvalue weighted by molar-refractivity contribution is 6.35. The van der Waals surface area contributed by atoms with Gasteiger partial charge in [0.05, 0.1) is 31.5 Å². The number of hydrogen-bond acceptors (Lipinski definition) is 8. The summed E-state index contributed by atoms with van der Waals surface area (Å²) in [6, 6.07) is 18.3. The van der Waals surface area contributed by atoms with E-state index in [0.717, 1.165) is 38.8 Å². The van der Waals surface area contributed by atoms with E-state index in [9.17, 15) is 9.59 Å². The Balaban J connectivity index is 0.00000481. The molecule has 2 atom stereocenters. The Morgan fingerprint density at radius 1 is 0.962 bits per heavy atom. The molecular weight excluding hydrogens is 724 g/mol. The van der Waals surface area contributed by atoms with Crippen molar-refractivity contribution in [2.45, 2.75) is 50.9 Å². The Hall–Kier alpha value is -4.42. The molecule has 10 nitrogen and oxygen atoms in total. The molecule has 3 aliphatic heterocycles. The number of esters is 1. The summed E-state index contributed by atoms with van der Waals surface area (Å²) in [6.07, 6.45) is 6.04. The number of hydrogen-bond donors (Lipinski definition) is 0. The molecule has 1 aromatic heterocycles. The Kier molecular flexibility index (Phi) is 12.4. The van der Waals surface area contributed by atoms with Crippen LogP contribution in [0.2, 0.25) is 10.0 Å². The number of carbonyl (C=O) groups excluding carboxylic acids is 2. The van der Waals surface area contributed by atoms with Crippen molar-refractivity contribution in [2.75, 3.05) is 38.3 Å². The van der Waals surface area contributed by atoms with Gasteiger partial charge in [-0.3, -0.25) is 9.80 Å². The van der Waals surface area contributed by atoms with Crippen LogP contribution in [-0.4, -0.2) is 61.9 Å². The van der Waals surface area contributed by atoms with Crippen molar-refractivity contribution in [1.82, 2.24) is 4.90 Å². The van der Waals surface area contributed by atoms with Gasteiger partial charge in [-0.2, -0.15) is 0 Å². The smallest absolute Gasteiger partial charge is 0.415 e. The van der Waals surface area contributed by atoms with E-state index in [4.69, 9.17) is 42.1 Å². The molecule has 13 heteroatoms. The lowest BCUT2D eigenvalue weighted by Crippen LogP contribution is -2.53. The molecule has 2 N–H and O–H groups in total. The van der Waals surface area contributed by atoms with Crippen molar-refractivity contribution in [1.29, 1.82) is 0 Å². The number of fused-ring (bicyclic) bond motifs is 3. The summed E-state index contributed by atoms with van der Waals surface area (Å²) < 4.78 is 38.9. The first-order chi connectivity index (χ1) is 25.2. The number of ether oxygens (including phenoxy) is 4.